The number of nitrogens with two attached hydrogens (primary N) is 1. The van der Waals surface area contributed by atoms with E-state index >= 15 is 0 Å². The first-order chi connectivity index (χ1) is 9.69. The molecule has 2 aromatic rings. The minimum Gasteiger partial charge on any atom is -0.491 e. The first kappa shape index (κ1) is 14.3. The molecule has 0 aliphatic heterocycles. The molecular weight excluding hydrogens is 252 g/mol. The van der Waals surface area contributed by atoms with E-state index in [1.54, 1.807) is 6.26 Å². The van der Waals surface area contributed by atoms with Crippen molar-refractivity contribution in [1.29, 1.82) is 0 Å². The summed E-state index contributed by atoms with van der Waals surface area (Å²) in [6.45, 7) is 4.87. The molecule has 1 unspecified atom stereocenters. The Balaban J connectivity index is 1.98. The predicted octanol–water partition coefficient (Wildman–Crippen LogP) is 3.69. The maximum atomic E-state index is 5.90. The minimum absolute atomic E-state index is 0.267. The second-order valence-electron chi connectivity index (χ2n) is 4.93. The van der Waals surface area contributed by atoms with Gasteiger partial charge in [0.25, 0.3) is 0 Å². The minimum atomic E-state index is 0.267. The first-order valence-electron chi connectivity index (χ1n) is 7.00. The van der Waals surface area contributed by atoms with Gasteiger partial charge in [0.2, 0.25) is 0 Å². The van der Waals surface area contributed by atoms with E-state index in [-0.39, 0.29) is 6.04 Å². The van der Waals surface area contributed by atoms with Crippen LogP contribution in [-0.2, 0) is 6.42 Å². The van der Waals surface area contributed by atoms with E-state index in [9.17, 15) is 0 Å². The Morgan fingerprint density at radius 1 is 1.35 bits per heavy atom. The second-order valence-corrected chi connectivity index (χ2v) is 4.93. The van der Waals surface area contributed by atoms with Gasteiger partial charge in [0, 0.05) is 24.2 Å². The van der Waals surface area contributed by atoms with E-state index in [1.807, 2.05) is 30.3 Å². The highest BCUT2D eigenvalue weighted by Crippen LogP contribution is 2.26. The van der Waals surface area contributed by atoms with E-state index in [4.69, 9.17) is 14.9 Å². The molecule has 1 atom stereocenters. The molecule has 1 aromatic heterocycles. The Hall–Kier alpha value is -2.10. The lowest BCUT2D eigenvalue weighted by atomic mass is 10.1. The van der Waals surface area contributed by atoms with Crippen LogP contribution in [0.3, 0.4) is 0 Å². The van der Waals surface area contributed by atoms with Gasteiger partial charge < -0.3 is 20.2 Å². The fourth-order valence-electron chi connectivity index (χ4n) is 2.03. The number of anilines is 2. The van der Waals surface area contributed by atoms with Crippen LogP contribution < -0.4 is 15.8 Å². The van der Waals surface area contributed by atoms with Gasteiger partial charge in [0.15, 0.2) is 0 Å². The second kappa shape index (κ2) is 6.89. The highest BCUT2D eigenvalue weighted by molar-refractivity contribution is 5.61. The van der Waals surface area contributed by atoms with Crippen LogP contribution >= 0.6 is 0 Å². The number of rotatable bonds is 7. The zero-order valence-corrected chi connectivity index (χ0v) is 12.1. The van der Waals surface area contributed by atoms with Crippen molar-refractivity contribution in [3.63, 3.8) is 0 Å². The topological polar surface area (TPSA) is 60.4 Å². The molecule has 0 amide bonds. The van der Waals surface area contributed by atoms with Crippen LogP contribution in [-0.4, -0.2) is 12.6 Å². The Labute approximate surface area is 119 Å². The lowest BCUT2D eigenvalue weighted by molar-refractivity contribution is 0.319. The third-order valence-electron chi connectivity index (χ3n) is 2.98. The monoisotopic (exact) mass is 274 g/mol. The van der Waals surface area contributed by atoms with Crippen molar-refractivity contribution in [1.82, 2.24) is 0 Å². The maximum absolute atomic E-state index is 5.90. The van der Waals surface area contributed by atoms with Gasteiger partial charge in [0.05, 0.1) is 18.6 Å². The standard InChI is InChI=1S/C16H22N2O2/c1-3-8-20-16-11-13(6-7-15(16)17)18-12(2)10-14-5-4-9-19-14/h4-7,9,11-12,18H,3,8,10,17H2,1-2H3. The van der Waals surface area contributed by atoms with Crippen LogP contribution in [0.15, 0.2) is 41.0 Å². The highest BCUT2D eigenvalue weighted by atomic mass is 16.5. The molecule has 0 saturated carbocycles. The van der Waals surface area contributed by atoms with E-state index in [2.05, 4.69) is 19.2 Å². The molecule has 4 nitrogen and oxygen atoms in total. The molecule has 20 heavy (non-hydrogen) atoms. The average Bonchev–Trinajstić information content (AvgIpc) is 2.92. The summed E-state index contributed by atoms with van der Waals surface area (Å²) < 4.78 is 11.0. The van der Waals surface area contributed by atoms with E-state index in [1.165, 1.54) is 0 Å². The smallest absolute Gasteiger partial charge is 0.144 e. The SMILES string of the molecule is CCCOc1cc(NC(C)Cc2ccco2)ccc1N. The number of hydrogen-bond acceptors (Lipinski definition) is 4. The molecule has 0 fully saturated rings. The molecule has 1 heterocycles. The van der Waals surface area contributed by atoms with Crippen molar-refractivity contribution in [3.05, 3.63) is 42.4 Å². The molecule has 0 spiro atoms. The highest BCUT2D eigenvalue weighted by Gasteiger charge is 2.08. The largest absolute Gasteiger partial charge is 0.491 e. The van der Waals surface area contributed by atoms with Crippen LogP contribution in [0.1, 0.15) is 26.0 Å². The summed E-state index contributed by atoms with van der Waals surface area (Å²) >= 11 is 0. The lowest BCUT2D eigenvalue weighted by Crippen LogP contribution is -2.17. The van der Waals surface area contributed by atoms with Crippen molar-refractivity contribution in [2.75, 3.05) is 17.7 Å². The maximum Gasteiger partial charge on any atom is 0.144 e. The zero-order chi connectivity index (χ0) is 14.4. The van der Waals surface area contributed by atoms with Gasteiger partial charge in [-0.2, -0.15) is 0 Å². The van der Waals surface area contributed by atoms with Gasteiger partial charge in [-0.15, -0.1) is 0 Å². The van der Waals surface area contributed by atoms with Crippen molar-refractivity contribution < 1.29 is 9.15 Å². The molecule has 1 aromatic carbocycles. The lowest BCUT2D eigenvalue weighted by Gasteiger charge is -2.16. The first-order valence-corrected chi connectivity index (χ1v) is 7.00. The Bertz CT molecular complexity index is 523. The normalized spacial score (nSPS) is 12.1. The van der Waals surface area contributed by atoms with Crippen LogP contribution in [0.5, 0.6) is 5.75 Å². The van der Waals surface area contributed by atoms with Crippen molar-refractivity contribution in [2.24, 2.45) is 0 Å². The molecular formula is C16H22N2O2. The summed E-state index contributed by atoms with van der Waals surface area (Å²) in [4.78, 5) is 0. The van der Waals surface area contributed by atoms with Gasteiger partial charge in [-0.3, -0.25) is 0 Å². The summed E-state index contributed by atoms with van der Waals surface area (Å²) in [7, 11) is 0. The summed E-state index contributed by atoms with van der Waals surface area (Å²) in [5.74, 6) is 1.71. The average molecular weight is 274 g/mol. The van der Waals surface area contributed by atoms with Crippen molar-refractivity contribution in [3.8, 4) is 5.75 Å². The summed E-state index contributed by atoms with van der Waals surface area (Å²) in [5.41, 5.74) is 7.58. The van der Waals surface area contributed by atoms with Crippen molar-refractivity contribution in [2.45, 2.75) is 32.7 Å². The van der Waals surface area contributed by atoms with Crippen LogP contribution in [0.4, 0.5) is 11.4 Å². The fraction of sp³-hybridized carbons (Fsp3) is 0.375. The third kappa shape index (κ3) is 3.95. The van der Waals surface area contributed by atoms with Crippen LogP contribution in [0.2, 0.25) is 0 Å². The molecule has 0 radical (unpaired) electrons. The summed E-state index contributed by atoms with van der Waals surface area (Å²) in [6, 6.07) is 9.94. The molecule has 4 heteroatoms. The van der Waals surface area contributed by atoms with E-state index in [0.717, 1.165) is 30.0 Å². The molecule has 0 bridgehead atoms. The van der Waals surface area contributed by atoms with Gasteiger partial charge in [0.1, 0.15) is 11.5 Å². The Morgan fingerprint density at radius 3 is 2.90 bits per heavy atom. The predicted molar refractivity (Wildman–Crippen MR) is 82.1 cm³/mol. The molecule has 0 aliphatic carbocycles. The van der Waals surface area contributed by atoms with E-state index < -0.39 is 0 Å². The fourth-order valence-corrected chi connectivity index (χ4v) is 2.03. The number of nitrogens with one attached hydrogen (secondary N) is 1. The van der Waals surface area contributed by atoms with Gasteiger partial charge in [-0.1, -0.05) is 6.92 Å². The Morgan fingerprint density at radius 2 is 2.20 bits per heavy atom. The summed E-state index contributed by atoms with van der Waals surface area (Å²) in [6.07, 6.45) is 3.50. The van der Waals surface area contributed by atoms with Gasteiger partial charge in [-0.05, 0) is 37.6 Å². The Kier molecular flexibility index (Phi) is 4.93. The molecule has 0 aliphatic rings. The zero-order valence-electron chi connectivity index (χ0n) is 12.1. The molecule has 0 saturated heterocycles. The van der Waals surface area contributed by atoms with Crippen molar-refractivity contribution >= 4 is 11.4 Å². The van der Waals surface area contributed by atoms with Crippen LogP contribution in [0, 0.1) is 0 Å². The molecule has 2 rings (SSSR count). The number of ether oxygens (including phenoxy) is 1. The number of furan rings is 1. The third-order valence-corrected chi connectivity index (χ3v) is 2.98. The number of hydrogen-bond donors (Lipinski definition) is 2. The number of nitrogen functional groups attached to an aromatic ring is 1. The molecule has 3 N–H and O–H groups in total. The number of benzene rings is 1. The van der Waals surface area contributed by atoms with Gasteiger partial charge >= 0.3 is 0 Å². The van der Waals surface area contributed by atoms with Crippen LogP contribution in [0.25, 0.3) is 0 Å². The molecule has 108 valence electrons. The summed E-state index contributed by atoms with van der Waals surface area (Å²) in [5, 5.41) is 3.43. The van der Waals surface area contributed by atoms with Gasteiger partial charge in [-0.25, -0.2) is 0 Å². The quantitative estimate of drug-likeness (QED) is 0.756. The van der Waals surface area contributed by atoms with E-state index in [0.29, 0.717) is 12.3 Å².